The van der Waals surface area contributed by atoms with E-state index in [9.17, 15) is 14.0 Å². The van der Waals surface area contributed by atoms with Crippen LogP contribution in [-0.4, -0.2) is 38.3 Å². The molecule has 1 amide bonds. The fourth-order valence-corrected chi connectivity index (χ4v) is 2.97. The molecular weight excluding hydrogens is 387 g/mol. The number of hydrogen-bond donors (Lipinski definition) is 2. The Morgan fingerprint density at radius 1 is 1.29 bits per heavy atom. The first-order valence-corrected chi connectivity index (χ1v) is 8.65. The van der Waals surface area contributed by atoms with E-state index in [0.29, 0.717) is 30.2 Å². The van der Waals surface area contributed by atoms with Gasteiger partial charge in [-0.05, 0) is 23.8 Å². The lowest BCUT2D eigenvalue weighted by atomic mass is 10.0. The maximum absolute atomic E-state index is 13.8. The minimum atomic E-state index is -1.74. The van der Waals surface area contributed by atoms with Gasteiger partial charge in [0.25, 0.3) is 0 Å². The van der Waals surface area contributed by atoms with E-state index in [1.54, 1.807) is 24.3 Å². The van der Waals surface area contributed by atoms with E-state index in [4.69, 9.17) is 4.74 Å². The Balaban J connectivity index is 0.00000280. The molecule has 2 aromatic rings. The molecule has 2 unspecified atom stereocenters. The molecule has 150 valence electrons. The number of ether oxygens (including phenoxy) is 2. The van der Waals surface area contributed by atoms with Gasteiger partial charge in [-0.1, -0.05) is 30.3 Å². The van der Waals surface area contributed by atoms with Gasteiger partial charge in [-0.3, -0.25) is 10.1 Å². The van der Waals surface area contributed by atoms with Crippen molar-refractivity contribution in [2.24, 2.45) is 0 Å². The Morgan fingerprint density at radius 3 is 2.86 bits per heavy atom. The van der Waals surface area contributed by atoms with Crippen molar-refractivity contribution >= 4 is 30.0 Å². The fraction of sp³-hybridized carbons (Fsp3) is 0.300. The number of hydrogen-bond acceptors (Lipinski definition) is 5. The first-order chi connectivity index (χ1) is 13.1. The van der Waals surface area contributed by atoms with E-state index in [2.05, 4.69) is 15.4 Å². The highest BCUT2D eigenvalue weighted by Crippen LogP contribution is 2.28. The number of alkyl halides is 1. The van der Waals surface area contributed by atoms with E-state index in [1.807, 2.05) is 24.3 Å². The molecule has 0 aromatic heterocycles. The SMILES string of the molecule is COC(=O)C(F)Cc1cccc(NC(=O)C2NCCOc3ccccc32)c1.Cl. The number of benzene rings is 2. The molecular formula is C20H22ClFN2O4. The molecule has 2 atom stereocenters. The molecule has 1 aliphatic rings. The van der Waals surface area contributed by atoms with Crippen LogP contribution < -0.4 is 15.4 Å². The Morgan fingerprint density at radius 2 is 2.07 bits per heavy atom. The van der Waals surface area contributed by atoms with Crippen LogP contribution in [0.1, 0.15) is 17.2 Å². The van der Waals surface area contributed by atoms with Gasteiger partial charge in [0.2, 0.25) is 12.1 Å². The topological polar surface area (TPSA) is 76.7 Å². The van der Waals surface area contributed by atoms with Gasteiger partial charge in [0.15, 0.2) is 0 Å². The second-order valence-electron chi connectivity index (χ2n) is 6.16. The second kappa shape index (κ2) is 10.1. The number of anilines is 1. The highest BCUT2D eigenvalue weighted by molar-refractivity contribution is 5.96. The molecule has 1 aliphatic heterocycles. The van der Waals surface area contributed by atoms with E-state index < -0.39 is 18.2 Å². The van der Waals surface area contributed by atoms with Crippen LogP contribution in [0, 0.1) is 0 Å². The van der Waals surface area contributed by atoms with Crippen LogP contribution in [0.4, 0.5) is 10.1 Å². The van der Waals surface area contributed by atoms with Gasteiger partial charge in [-0.25, -0.2) is 9.18 Å². The van der Waals surface area contributed by atoms with Crippen molar-refractivity contribution in [3.63, 3.8) is 0 Å². The van der Waals surface area contributed by atoms with Gasteiger partial charge in [-0.2, -0.15) is 0 Å². The lowest BCUT2D eigenvalue weighted by molar-refractivity contribution is -0.146. The van der Waals surface area contributed by atoms with Crippen LogP contribution in [0.15, 0.2) is 48.5 Å². The largest absolute Gasteiger partial charge is 0.492 e. The molecule has 2 aromatic carbocycles. The Kier molecular flexibility index (Phi) is 7.78. The van der Waals surface area contributed by atoms with Crippen molar-refractivity contribution in [1.82, 2.24) is 5.32 Å². The summed E-state index contributed by atoms with van der Waals surface area (Å²) >= 11 is 0. The van der Waals surface area contributed by atoms with Crippen LogP contribution in [0.3, 0.4) is 0 Å². The summed E-state index contributed by atoms with van der Waals surface area (Å²) in [6.45, 7) is 1.01. The average molecular weight is 409 g/mol. The fourth-order valence-electron chi connectivity index (χ4n) is 2.97. The zero-order chi connectivity index (χ0) is 19.2. The number of esters is 1. The zero-order valence-electron chi connectivity index (χ0n) is 15.3. The quantitative estimate of drug-likeness (QED) is 0.744. The van der Waals surface area contributed by atoms with Crippen molar-refractivity contribution in [3.05, 3.63) is 59.7 Å². The number of carbonyl (C=O) groups is 2. The van der Waals surface area contributed by atoms with Crippen molar-refractivity contribution in [1.29, 1.82) is 0 Å². The monoisotopic (exact) mass is 408 g/mol. The molecule has 0 radical (unpaired) electrons. The van der Waals surface area contributed by atoms with E-state index in [0.717, 1.165) is 12.7 Å². The lowest BCUT2D eigenvalue weighted by Crippen LogP contribution is -2.33. The Bertz CT molecular complexity index is 833. The molecule has 0 bridgehead atoms. The standard InChI is InChI=1S/C20H21FN2O4.ClH/c1-26-20(25)16(21)12-13-5-4-6-14(11-13)23-19(24)18-15-7-2-3-8-17(15)27-10-9-22-18;/h2-8,11,16,18,22H,9-10,12H2,1H3,(H,23,24);1H. The van der Waals surface area contributed by atoms with Crippen molar-refractivity contribution < 1.29 is 23.5 Å². The number of para-hydroxylation sites is 1. The molecule has 0 spiro atoms. The average Bonchev–Trinajstić information content (AvgIpc) is 2.90. The number of halogens is 2. The Labute approximate surface area is 168 Å². The highest BCUT2D eigenvalue weighted by Gasteiger charge is 2.26. The van der Waals surface area contributed by atoms with E-state index in [1.165, 1.54) is 0 Å². The third-order valence-corrected chi connectivity index (χ3v) is 4.27. The third kappa shape index (κ3) is 5.21. The summed E-state index contributed by atoms with van der Waals surface area (Å²) in [6, 6.07) is 13.6. The molecule has 1 heterocycles. The normalized spacial score (nSPS) is 16.4. The van der Waals surface area contributed by atoms with Crippen LogP contribution in [0.2, 0.25) is 0 Å². The van der Waals surface area contributed by atoms with Crippen LogP contribution >= 0.6 is 12.4 Å². The van der Waals surface area contributed by atoms with Gasteiger partial charge in [0.05, 0.1) is 7.11 Å². The summed E-state index contributed by atoms with van der Waals surface area (Å²) in [5.41, 5.74) is 1.88. The second-order valence-corrected chi connectivity index (χ2v) is 6.16. The van der Waals surface area contributed by atoms with Crippen LogP contribution in [0.5, 0.6) is 5.75 Å². The van der Waals surface area contributed by atoms with Crippen molar-refractivity contribution in [2.45, 2.75) is 18.6 Å². The minimum Gasteiger partial charge on any atom is -0.492 e. The Hall–Kier alpha value is -2.64. The summed E-state index contributed by atoms with van der Waals surface area (Å²) in [4.78, 5) is 24.0. The number of methoxy groups -OCH3 is 1. The molecule has 6 nitrogen and oxygen atoms in total. The molecule has 28 heavy (non-hydrogen) atoms. The first-order valence-electron chi connectivity index (χ1n) is 8.65. The van der Waals surface area contributed by atoms with Crippen LogP contribution in [-0.2, 0) is 20.7 Å². The maximum Gasteiger partial charge on any atom is 0.340 e. The predicted molar refractivity (Wildman–Crippen MR) is 106 cm³/mol. The minimum absolute atomic E-state index is 0. The number of rotatable bonds is 5. The molecule has 8 heteroatoms. The number of amides is 1. The summed E-state index contributed by atoms with van der Waals surface area (Å²) in [7, 11) is 1.15. The maximum atomic E-state index is 13.8. The van der Waals surface area contributed by atoms with Gasteiger partial charge < -0.3 is 14.8 Å². The van der Waals surface area contributed by atoms with Crippen molar-refractivity contribution in [2.75, 3.05) is 25.6 Å². The summed E-state index contributed by atoms with van der Waals surface area (Å²) < 4.78 is 23.8. The summed E-state index contributed by atoms with van der Waals surface area (Å²) in [6.07, 6.45) is -1.86. The molecule has 2 N–H and O–H groups in total. The smallest absolute Gasteiger partial charge is 0.340 e. The van der Waals surface area contributed by atoms with E-state index in [-0.39, 0.29) is 24.7 Å². The van der Waals surface area contributed by atoms with Gasteiger partial charge >= 0.3 is 5.97 Å². The van der Waals surface area contributed by atoms with Gasteiger partial charge in [0.1, 0.15) is 18.4 Å². The highest BCUT2D eigenvalue weighted by atomic mass is 35.5. The van der Waals surface area contributed by atoms with Gasteiger partial charge in [-0.15, -0.1) is 12.4 Å². The summed E-state index contributed by atoms with van der Waals surface area (Å²) in [5, 5.41) is 6.01. The lowest BCUT2D eigenvalue weighted by Gasteiger charge is -2.17. The predicted octanol–water partition coefficient (Wildman–Crippen LogP) is 2.82. The summed E-state index contributed by atoms with van der Waals surface area (Å²) in [5.74, 6) is -0.478. The number of carbonyl (C=O) groups excluding carboxylic acids is 2. The molecule has 0 saturated heterocycles. The van der Waals surface area contributed by atoms with Crippen LogP contribution in [0.25, 0.3) is 0 Å². The molecule has 0 fully saturated rings. The molecule has 3 rings (SSSR count). The zero-order valence-corrected chi connectivity index (χ0v) is 16.1. The van der Waals surface area contributed by atoms with Crippen molar-refractivity contribution in [3.8, 4) is 5.75 Å². The molecule has 0 saturated carbocycles. The molecule has 0 aliphatic carbocycles. The third-order valence-electron chi connectivity index (χ3n) is 4.27. The van der Waals surface area contributed by atoms with Gasteiger partial charge in [0, 0.05) is 24.2 Å². The number of nitrogens with one attached hydrogen (secondary N) is 2. The van der Waals surface area contributed by atoms with E-state index >= 15 is 0 Å². The first kappa shape index (κ1) is 21.7. The number of fused-ring (bicyclic) bond motifs is 1.